The number of thioether (sulfide) groups is 1. The van der Waals surface area contributed by atoms with Gasteiger partial charge in [-0.15, -0.1) is 10.2 Å². The summed E-state index contributed by atoms with van der Waals surface area (Å²) in [5, 5.41) is 11.9. The summed E-state index contributed by atoms with van der Waals surface area (Å²) in [5.74, 6) is 1.66. The lowest BCUT2D eigenvalue weighted by molar-refractivity contribution is -0.113. The van der Waals surface area contributed by atoms with Crippen LogP contribution in [0.25, 0.3) is 5.69 Å². The third kappa shape index (κ3) is 4.70. The monoisotopic (exact) mass is 446 g/mol. The van der Waals surface area contributed by atoms with Crippen molar-refractivity contribution in [3.05, 3.63) is 58.3 Å². The molecule has 0 aliphatic heterocycles. The van der Waals surface area contributed by atoms with Gasteiger partial charge in [0.2, 0.25) is 5.91 Å². The minimum Gasteiger partial charge on any atom is -0.497 e. The van der Waals surface area contributed by atoms with Crippen LogP contribution in [0.5, 0.6) is 5.75 Å². The van der Waals surface area contributed by atoms with E-state index in [4.69, 9.17) is 4.74 Å². The zero-order valence-electron chi connectivity index (χ0n) is 15.2. The van der Waals surface area contributed by atoms with Crippen LogP contribution in [0.15, 0.2) is 52.1 Å². The van der Waals surface area contributed by atoms with Crippen LogP contribution in [0.3, 0.4) is 0 Å². The van der Waals surface area contributed by atoms with E-state index in [0.29, 0.717) is 5.16 Å². The molecule has 27 heavy (non-hydrogen) atoms. The number of aryl methyl sites for hydroxylation is 2. The van der Waals surface area contributed by atoms with Crippen molar-refractivity contribution in [1.82, 2.24) is 14.8 Å². The Hall–Kier alpha value is -2.32. The molecule has 0 saturated carbocycles. The third-order valence-corrected chi connectivity index (χ3v) is 5.44. The SMILES string of the molecule is COc1ccc(-n2c(C)nnc2SCC(=O)Nc2ccc(C)cc2Br)cc1. The van der Waals surface area contributed by atoms with Gasteiger partial charge >= 0.3 is 0 Å². The second kappa shape index (κ2) is 8.58. The predicted molar refractivity (Wildman–Crippen MR) is 111 cm³/mol. The highest BCUT2D eigenvalue weighted by Crippen LogP contribution is 2.26. The van der Waals surface area contributed by atoms with E-state index < -0.39 is 0 Å². The van der Waals surface area contributed by atoms with Crippen LogP contribution in [0, 0.1) is 13.8 Å². The quantitative estimate of drug-likeness (QED) is 0.568. The molecule has 6 nitrogen and oxygen atoms in total. The Morgan fingerprint density at radius 3 is 2.59 bits per heavy atom. The summed E-state index contributed by atoms with van der Waals surface area (Å²) in [4.78, 5) is 12.3. The van der Waals surface area contributed by atoms with Crippen molar-refractivity contribution in [2.75, 3.05) is 18.2 Å². The Labute approximate surface area is 170 Å². The van der Waals surface area contributed by atoms with Gasteiger partial charge in [0.1, 0.15) is 11.6 Å². The number of ether oxygens (including phenoxy) is 1. The number of carbonyl (C=O) groups excluding carboxylic acids is 1. The van der Waals surface area contributed by atoms with Crippen LogP contribution in [0.4, 0.5) is 5.69 Å². The molecule has 3 aromatic rings. The smallest absolute Gasteiger partial charge is 0.234 e. The van der Waals surface area contributed by atoms with Crippen molar-refractivity contribution in [2.45, 2.75) is 19.0 Å². The molecule has 1 N–H and O–H groups in total. The zero-order chi connectivity index (χ0) is 19.4. The van der Waals surface area contributed by atoms with E-state index in [1.54, 1.807) is 7.11 Å². The van der Waals surface area contributed by atoms with E-state index in [9.17, 15) is 4.79 Å². The van der Waals surface area contributed by atoms with E-state index in [1.807, 2.05) is 60.9 Å². The van der Waals surface area contributed by atoms with Crippen molar-refractivity contribution < 1.29 is 9.53 Å². The van der Waals surface area contributed by atoms with Gasteiger partial charge in [0.25, 0.3) is 0 Å². The normalized spacial score (nSPS) is 10.7. The standard InChI is InChI=1S/C19H19BrN4O2S/c1-12-4-9-17(16(20)10-12)21-18(25)11-27-19-23-22-13(2)24(19)14-5-7-15(26-3)8-6-14/h4-10H,11H2,1-3H3,(H,21,25). The van der Waals surface area contributed by atoms with Gasteiger partial charge in [-0.3, -0.25) is 9.36 Å². The second-order valence-electron chi connectivity index (χ2n) is 5.88. The molecule has 1 aromatic heterocycles. The molecule has 8 heteroatoms. The van der Waals surface area contributed by atoms with E-state index in [-0.39, 0.29) is 11.7 Å². The maximum atomic E-state index is 12.3. The van der Waals surface area contributed by atoms with Gasteiger partial charge in [0, 0.05) is 10.2 Å². The fraction of sp³-hybridized carbons (Fsp3) is 0.211. The number of benzene rings is 2. The summed E-state index contributed by atoms with van der Waals surface area (Å²) in [6.07, 6.45) is 0. The molecule has 1 amide bonds. The lowest BCUT2D eigenvalue weighted by Crippen LogP contribution is -2.15. The molecule has 0 radical (unpaired) electrons. The number of anilines is 1. The van der Waals surface area contributed by atoms with Crippen molar-refractivity contribution >= 4 is 39.3 Å². The number of nitrogens with one attached hydrogen (secondary N) is 1. The van der Waals surface area contributed by atoms with Crippen LogP contribution < -0.4 is 10.1 Å². The molecule has 0 bridgehead atoms. The Bertz CT molecular complexity index is 957. The first-order chi connectivity index (χ1) is 13.0. The third-order valence-electron chi connectivity index (χ3n) is 3.86. The minimum atomic E-state index is -0.105. The Kier molecular flexibility index (Phi) is 6.18. The number of halogens is 1. The first-order valence-corrected chi connectivity index (χ1v) is 10.0. The molecule has 0 aliphatic carbocycles. The van der Waals surface area contributed by atoms with E-state index >= 15 is 0 Å². The number of aromatic nitrogens is 3. The molecular formula is C19H19BrN4O2S. The molecule has 0 aliphatic rings. The topological polar surface area (TPSA) is 69.0 Å². The summed E-state index contributed by atoms with van der Waals surface area (Å²) in [6, 6.07) is 13.4. The molecule has 0 fully saturated rings. The molecule has 0 atom stereocenters. The molecule has 0 unspecified atom stereocenters. The van der Waals surface area contributed by atoms with Gasteiger partial charge in [0.15, 0.2) is 5.16 Å². The number of hydrogen-bond donors (Lipinski definition) is 1. The maximum absolute atomic E-state index is 12.3. The summed E-state index contributed by atoms with van der Waals surface area (Å²) in [6.45, 7) is 3.88. The lowest BCUT2D eigenvalue weighted by Gasteiger charge is -2.10. The van der Waals surface area contributed by atoms with Crippen molar-refractivity contribution in [2.24, 2.45) is 0 Å². The fourth-order valence-electron chi connectivity index (χ4n) is 2.50. The van der Waals surface area contributed by atoms with Crippen LogP contribution in [0.1, 0.15) is 11.4 Å². The Balaban J connectivity index is 1.70. The van der Waals surface area contributed by atoms with E-state index in [1.165, 1.54) is 11.8 Å². The van der Waals surface area contributed by atoms with Gasteiger partial charge in [-0.05, 0) is 71.7 Å². The largest absolute Gasteiger partial charge is 0.497 e. The molecule has 1 heterocycles. The van der Waals surface area contributed by atoms with Crippen LogP contribution >= 0.6 is 27.7 Å². The first kappa shape index (κ1) is 19.4. The summed E-state index contributed by atoms with van der Waals surface area (Å²) < 4.78 is 7.97. The highest BCUT2D eigenvalue weighted by molar-refractivity contribution is 9.10. The molecule has 2 aromatic carbocycles. The molecular weight excluding hydrogens is 428 g/mol. The Morgan fingerprint density at radius 1 is 1.19 bits per heavy atom. The number of hydrogen-bond acceptors (Lipinski definition) is 5. The van der Waals surface area contributed by atoms with Crippen LogP contribution in [-0.2, 0) is 4.79 Å². The number of rotatable bonds is 6. The van der Waals surface area contributed by atoms with E-state index in [2.05, 4.69) is 31.4 Å². The van der Waals surface area contributed by atoms with Crippen molar-refractivity contribution in [3.8, 4) is 11.4 Å². The number of nitrogens with zero attached hydrogens (tertiary/aromatic N) is 3. The van der Waals surface area contributed by atoms with Crippen molar-refractivity contribution in [1.29, 1.82) is 0 Å². The summed E-state index contributed by atoms with van der Waals surface area (Å²) in [7, 11) is 1.63. The second-order valence-corrected chi connectivity index (χ2v) is 7.68. The fourth-order valence-corrected chi connectivity index (χ4v) is 3.89. The van der Waals surface area contributed by atoms with Gasteiger partial charge in [-0.1, -0.05) is 17.8 Å². The van der Waals surface area contributed by atoms with Gasteiger partial charge in [0.05, 0.1) is 18.6 Å². The van der Waals surface area contributed by atoms with Gasteiger partial charge in [-0.2, -0.15) is 0 Å². The van der Waals surface area contributed by atoms with Gasteiger partial charge in [-0.25, -0.2) is 0 Å². The maximum Gasteiger partial charge on any atom is 0.234 e. The molecule has 3 rings (SSSR count). The number of carbonyl (C=O) groups is 1. The van der Waals surface area contributed by atoms with Crippen molar-refractivity contribution in [3.63, 3.8) is 0 Å². The first-order valence-electron chi connectivity index (χ1n) is 8.23. The average Bonchev–Trinajstić information content (AvgIpc) is 3.03. The van der Waals surface area contributed by atoms with Crippen LogP contribution in [-0.4, -0.2) is 33.5 Å². The average molecular weight is 447 g/mol. The van der Waals surface area contributed by atoms with E-state index in [0.717, 1.165) is 33.0 Å². The minimum absolute atomic E-state index is 0.105. The summed E-state index contributed by atoms with van der Waals surface area (Å²) >= 11 is 4.81. The Morgan fingerprint density at radius 2 is 1.93 bits per heavy atom. The molecule has 140 valence electrons. The number of amides is 1. The van der Waals surface area contributed by atoms with Crippen LogP contribution in [0.2, 0.25) is 0 Å². The molecule has 0 spiro atoms. The zero-order valence-corrected chi connectivity index (χ0v) is 17.6. The van der Waals surface area contributed by atoms with Gasteiger partial charge < -0.3 is 10.1 Å². The summed E-state index contributed by atoms with van der Waals surface area (Å²) in [5.41, 5.74) is 2.79. The highest BCUT2D eigenvalue weighted by Gasteiger charge is 2.14. The molecule has 0 saturated heterocycles. The lowest BCUT2D eigenvalue weighted by atomic mass is 10.2. The highest BCUT2D eigenvalue weighted by atomic mass is 79.9. The predicted octanol–water partition coefficient (Wildman–Crippen LogP) is 4.39. The number of methoxy groups -OCH3 is 1.